The van der Waals surface area contributed by atoms with Crippen LogP contribution in [0.2, 0.25) is 0 Å². The molecule has 0 saturated carbocycles. The number of carbonyl (C=O) groups excluding carboxylic acids is 3. The van der Waals surface area contributed by atoms with E-state index in [1.54, 1.807) is 13.8 Å². The molecular formula is C19H23NO4S. The number of aromatic nitrogens is 1. The van der Waals surface area contributed by atoms with E-state index in [0.717, 1.165) is 23.3 Å². The highest BCUT2D eigenvalue weighted by Gasteiger charge is 2.21. The molecule has 2 aromatic rings. The zero-order chi connectivity index (χ0) is 18.7. The molecule has 0 aromatic carbocycles. The van der Waals surface area contributed by atoms with Crippen molar-refractivity contribution >= 4 is 28.9 Å². The number of aryl methyl sites for hydroxylation is 3. The van der Waals surface area contributed by atoms with Crippen LogP contribution >= 0.6 is 11.3 Å². The van der Waals surface area contributed by atoms with Crippen LogP contribution in [-0.2, 0) is 11.2 Å². The molecule has 0 aliphatic carbocycles. The number of hydrogen-bond donors (Lipinski definition) is 1. The first-order valence-electron chi connectivity index (χ1n) is 8.25. The van der Waals surface area contributed by atoms with Crippen molar-refractivity contribution in [2.24, 2.45) is 0 Å². The van der Waals surface area contributed by atoms with Crippen LogP contribution in [0.25, 0.3) is 0 Å². The van der Waals surface area contributed by atoms with Gasteiger partial charge in [-0.25, -0.2) is 4.79 Å². The number of ketones is 2. The van der Waals surface area contributed by atoms with E-state index in [1.165, 1.54) is 18.3 Å². The minimum atomic E-state index is -0.489. The van der Waals surface area contributed by atoms with E-state index in [9.17, 15) is 14.4 Å². The summed E-state index contributed by atoms with van der Waals surface area (Å²) in [5.41, 5.74) is 3.24. The first kappa shape index (κ1) is 19.1. The number of esters is 1. The lowest BCUT2D eigenvalue weighted by Crippen LogP contribution is -2.15. The fourth-order valence-electron chi connectivity index (χ4n) is 2.97. The second-order valence-electron chi connectivity index (χ2n) is 6.12. The van der Waals surface area contributed by atoms with Gasteiger partial charge in [0, 0.05) is 16.1 Å². The highest BCUT2D eigenvalue weighted by atomic mass is 32.1. The Morgan fingerprint density at radius 1 is 1.20 bits per heavy atom. The Morgan fingerprint density at radius 2 is 1.88 bits per heavy atom. The maximum absolute atomic E-state index is 12.3. The Hall–Kier alpha value is -2.21. The van der Waals surface area contributed by atoms with Gasteiger partial charge in [-0.2, -0.15) is 0 Å². The molecule has 2 aromatic heterocycles. The van der Waals surface area contributed by atoms with Crippen molar-refractivity contribution in [1.82, 2.24) is 4.98 Å². The first-order chi connectivity index (χ1) is 11.8. The normalized spacial score (nSPS) is 10.8. The van der Waals surface area contributed by atoms with Gasteiger partial charge >= 0.3 is 5.97 Å². The van der Waals surface area contributed by atoms with Crippen LogP contribution in [0.15, 0.2) is 6.07 Å². The number of aromatic amines is 1. The monoisotopic (exact) mass is 361 g/mol. The van der Waals surface area contributed by atoms with Gasteiger partial charge in [-0.05, 0) is 51.3 Å². The summed E-state index contributed by atoms with van der Waals surface area (Å²) in [5.74, 6) is -0.931. The number of hydrogen-bond acceptors (Lipinski definition) is 5. The molecule has 0 unspecified atom stereocenters. The quantitative estimate of drug-likeness (QED) is 0.592. The van der Waals surface area contributed by atoms with Crippen LogP contribution in [-0.4, -0.2) is 29.1 Å². The van der Waals surface area contributed by atoms with Crippen molar-refractivity contribution in [3.8, 4) is 0 Å². The molecule has 0 atom stereocenters. The largest absolute Gasteiger partial charge is 0.453 e. The Labute approximate surface area is 151 Å². The summed E-state index contributed by atoms with van der Waals surface area (Å²) in [7, 11) is 0. The molecule has 0 amide bonds. The third-order valence-corrected chi connectivity index (χ3v) is 5.22. The van der Waals surface area contributed by atoms with Gasteiger partial charge < -0.3 is 9.72 Å². The van der Waals surface area contributed by atoms with Crippen LogP contribution < -0.4 is 0 Å². The van der Waals surface area contributed by atoms with Gasteiger partial charge in [0.15, 0.2) is 12.4 Å². The van der Waals surface area contributed by atoms with Gasteiger partial charge in [0.25, 0.3) is 0 Å². The Kier molecular flexibility index (Phi) is 5.95. The SMILES string of the molecule is CCCc1cc(C(=O)OCC(=O)c2[nH]c(C)c(C(C)=O)c2C)sc1C. The zero-order valence-electron chi connectivity index (χ0n) is 15.2. The molecule has 25 heavy (non-hydrogen) atoms. The minimum absolute atomic E-state index is 0.0974. The number of nitrogens with one attached hydrogen (secondary N) is 1. The predicted molar refractivity (Wildman–Crippen MR) is 97.9 cm³/mol. The van der Waals surface area contributed by atoms with E-state index in [-0.39, 0.29) is 18.2 Å². The second kappa shape index (κ2) is 7.78. The highest BCUT2D eigenvalue weighted by Crippen LogP contribution is 2.24. The lowest BCUT2D eigenvalue weighted by Gasteiger charge is -2.03. The van der Waals surface area contributed by atoms with Gasteiger partial charge in [-0.3, -0.25) is 9.59 Å². The summed E-state index contributed by atoms with van der Waals surface area (Å²) in [4.78, 5) is 40.7. The maximum atomic E-state index is 12.3. The van der Waals surface area contributed by atoms with Crippen molar-refractivity contribution in [2.75, 3.05) is 6.61 Å². The maximum Gasteiger partial charge on any atom is 0.348 e. The summed E-state index contributed by atoms with van der Waals surface area (Å²) in [5, 5.41) is 0. The predicted octanol–water partition coefficient (Wildman–Crippen LogP) is 4.20. The van der Waals surface area contributed by atoms with Gasteiger partial charge in [0.05, 0.1) is 5.69 Å². The van der Waals surface area contributed by atoms with Crippen LogP contribution in [0.1, 0.15) is 72.5 Å². The number of rotatable bonds is 7. The number of Topliss-reactive ketones (excluding diaryl/α,β-unsaturated/α-hetero) is 2. The Bertz CT molecular complexity index is 829. The number of ether oxygens (including phenoxy) is 1. The van der Waals surface area contributed by atoms with Crippen molar-refractivity contribution in [3.05, 3.63) is 43.9 Å². The summed E-state index contributed by atoms with van der Waals surface area (Å²) < 4.78 is 5.17. The molecule has 0 saturated heterocycles. The van der Waals surface area contributed by atoms with Crippen molar-refractivity contribution in [2.45, 2.75) is 47.5 Å². The van der Waals surface area contributed by atoms with Gasteiger partial charge in [-0.15, -0.1) is 11.3 Å². The molecule has 5 nitrogen and oxygen atoms in total. The van der Waals surface area contributed by atoms with Crippen molar-refractivity contribution < 1.29 is 19.1 Å². The molecule has 0 spiro atoms. The van der Waals surface area contributed by atoms with Crippen molar-refractivity contribution in [1.29, 1.82) is 0 Å². The molecule has 0 aliphatic heterocycles. The van der Waals surface area contributed by atoms with Crippen LogP contribution in [0.3, 0.4) is 0 Å². The number of thiophene rings is 1. The summed E-state index contributed by atoms with van der Waals surface area (Å²) in [6, 6.07) is 1.84. The minimum Gasteiger partial charge on any atom is -0.453 e. The standard InChI is InChI=1S/C19H23NO4S/c1-6-7-14-8-16(25-13(14)5)19(23)24-9-15(22)18-10(2)17(12(4)21)11(3)20-18/h8,20H,6-7,9H2,1-5H3. The lowest BCUT2D eigenvalue weighted by atomic mass is 10.1. The fourth-order valence-corrected chi connectivity index (χ4v) is 3.93. The third-order valence-electron chi connectivity index (χ3n) is 4.14. The summed E-state index contributed by atoms with van der Waals surface area (Å²) >= 11 is 1.39. The average molecular weight is 361 g/mol. The zero-order valence-corrected chi connectivity index (χ0v) is 16.1. The molecule has 2 rings (SSSR count). The first-order valence-corrected chi connectivity index (χ1v) is 9.07. The molecule has 0 radical (unpaired) electrons. The molecule has 0 bridgehead atoms. The topological polar surface area (TPSA) is 76.2 Å². The molecule has 0 aliphatic rings. The fraction of sp³-hybridized carbons (Fsp3) is 0.421. The van der Waals surface area contributed by atoms with E-state index in [2.05, 4.69) is 11.9 Å². The van der Waals surface area contributed by atoms with Crippen LogP contribution in [0.5, 0.6) is 0 Å². The summed E-state index contributed by atoms with van der Waals surface area (Å²) in [6.45, 7) is 8.64. The van der Waals surface area contributed by atoms with E-state index < -0.39 is 5.97 Å². The molecule has 1 N–H and O–H groups in total. The van der Waals surface area contributed by atoms with E-state index in [0.29, 0.717) is 27.4 Å². The Morgan fingerprint density at radius 3 is 2.44 bits per heavy atom. The van der Waals surface area contributed by atoms with Gasteiger partial charge in [0.2, 0.25) is 5.78 Å². The summed E-state index contributed by atoms with van der Waals surface area (Å²) in [6.07, 6.45) is 1.93. The Balaban J connectivity index is 2.07. The lowest BCUT2D eigenvalue weighted by molar-refractivity contribution is 0.0478. The van der Waals surface area contributed by atoms with E-state index in [1.807, 2.05) is 13.0 Å². The average Bonchev–Trinajstić information content (AvgIpc) is 3.05. The highest BCUT2D eigenvalue weighted by molar-refractivity contribution is 7.14. The molecular weight excluding hydrogens is 338 g/mol. The second-order valence-corrected chi connectivity index (χ2v) is 7.38. The van der Waals surface area contributed by atoms with Gasteiger partial charge in [0.1, 0.15) is 4.88 Å². The third kappa shape index (κ3) is 4.07. The van der Waals surface area contributed by atoms with Crippen LogP contribution in [0.4, 0.5) is 0 Å². The van der Waals surface area contributed by atoms with Crippen molar-refractivity contribution in [3.63, 3.8) is 0 Å². The van der Waals surface area contributed by atoms with E-state index >= 15 is 0 Å². The molecule has 0 fully saturated rings. The van der Waals surface area contributed by atoms with Gasteiger partial charge in [-0.1, -0.05) is 13.3 Å². The smallest absolute Gasteiger partial charge is 0.348 e. The number of carbonyl (C=O) groups is 3. The molecule has 134 valence electrons. The van der Waals surface area contributed by atoms with Crippen LogP contribution in [0, 0.1) is 20.8 Å². The molecule has 2 heterocycles. The van der Waals surface area contributed by atoms with E-state index in [4.69, 9.17) is 4.74 Å². The molecule has 6 heteroatoms. The number of H-pyrrole nitrogens is 1.